The van der Waals surface area contributed by atoms with E-state index in [4.69, 9.17) is 0 Å². The second-order valence-electron chi connectivity index (χ2n) is 6.13. The number of benzene rings is 1. The predicted octanol–water partition coefficient (Wildman–Crippen LogP) is 4.00. The molecule has 0 atom stereocenters. The fourth-order valence-electron chi connectivity index (χ4n) is 2.26. The van der Waals surface area contributed by atoms with Crippen molar-refractivity contribution in [1.82, 2.24) is 14.8 Å². The molecule has 0 saturated heterocycles. The van der Waals surface area contributed by atoms with Gasteiger partial charge in [-0.05, 0) is 44.0 Å². The van der Waals surface area contributed by atoms with Crippen LogP contribution in [0.15, 0.2) is 18.2 Å². The number of fused-ring (bicyclic) bond motifs is 1. The summed E-state index contributed by atoms with van der Waals surface area (Å²) in [7, 11) is 0. The minimum atomic E-state index is -0.0840. The molecule has 1 amide bonds. The van der Waals surface area contributed by atoms with Crippen molar-refractivity contribution in [2.24, 2.45) is 5.92 Å². The van der Waals surface area contributed by atoms with Gasteiger partial charge in [-0.3, -0.25) is 4.79 Å². The fraction of sp³-hybridized carbons (Fsp3) is 0.353. The number of amides is 1. The second kappa shape index (κ2) is 5.77. The summed E-state index contributed by atoms with van der Waals surface area (Å²) in [6, 6.07) is 6.10. The molecule has 5 nitrogen and oxygen atoms in total. The summed E-state index contributed by atoms with van der Waals surface area (Å²) in [5.41, 5.74) is 4.27. The molecule has 0 spiro atoms. The highest BCUT2D eigenvalue weighted by atomic mass is 32.1. The van der Waals surface area contributed by atoms with Gasteiger partial charge in [0.15, 0.2) is 0 Å². The van der Waals surface area contributed by atoms with Crippen molar-refractivity contribution in [3.05, 3.63) is 35.0 Å². The van der Waals surface area contributed by atoms with Gasteiger partial charge in [0.1, 0.15) is 5.82 Å². The number of carbonyl (C=O) groups excluding carboxylic acids is 1. The van der Waals surface area contributed by atoms with E-state index in [0.717, 1.165) is 21.0 Å². The van der Waals surface area contributed by atoms with Crippen LogP contribution in [-0.4, -0.2) is 20.7 Å². The van der Waals surface area contributed by atoms with Crippen LogP contribution in [0.2, 0.25) is 0 Å². The van der Waals surface area contributed by atoms with Gasteiger partial charge in [-0.2, -0.15) is 9.78 Å². The van der Waals surface area contributed by atoms with Crippen molar-refractivity contribution in [2.75, 3.05) is 5.32 Å². The molecule has 1 N–H and O–H groups in total. The molecular weight excluding hydrogens is 308 g/mol. The highest BCUT2D eigenvalue weighted by molar-refractivity contribution is 7.20. The quantitative estimate of drug-likeness (QED) is 0.790. The maximum atomic E-state index is 12.0. The lowest BCUT2D eigenvalue weighted by Gasteiger charge is -2.08. The minimum Gasteiger partial charge on any atom is -0.310 e. The Hall–Kier alpha value is -2.21. The molecule has 2 aromatic heterocycles. The Kier molecular flexibility index (Phi) is 3.93. The van der Waals surface area contributed by atoms with Gasteiger partial charge in [0.05, 0.1) is 15.9 Å². The van der Waals surface area contributed by atoms with Crippen LogP contribution in [-0.2, 0) is 4.79 Å². The lowest BCUT2D eigenvalue weighted by molar-refractivity contribution is -0.118. The Morgan fingerprint density at radius 2 is 1.87 bits per heavy atom. The number of hydrogen-bond acceptors (Lipinski definition) is 4. The lowest BCUT2D eigenvalue weighted by atomic mass is 10.1. The van der Waals surface area contributed by atoms with Gasteiger partial charge in [-0.25, -0.2) is 4.98 Å². The molecule has 0 fully saturated rings. The van der Waals surface area contributed by atoms with Gasteiger partial charge in [-0.1, -0.05) is 25.2 Å². The first-order valence-electron chi connectivity index (χ1n) is 7.61. The van der Waals surface area contributed by atoms with E-state index in [-0.39, 0.29) is 11.8 Å². The van der Waals surface area contributed by atoms with E-state index in [2.05, 4.69) is 41.4 Å². The Balaban J connectivity index is 2.06. The van der Waals surface area contributed by atoms with Crippen molar-refractivity contribution in [1.29, 1.82) is 0 Å². The number of aromatic nitrogens is 3. The summed E-state index contributed by atoms with van der Waals surface area (Å²) in [5, 5.41) is 8.17. The SMILES string of the molecule is Cc1cc(NC(=O)C(C)C)n(-c2nc3cc(C)c(C)cc3s2)n1. The lowest BCUT2D eigenvalue weighted by Crippen LogP contribution is -2.19. The van der Waals surface area contributed by atoms with Crippen molar-refractivity contribution >= 4 is 33.3 Å². The molecule has 0 radical (unpaired) electrons. The van der Waals surface area contributed by atoms with Crippen LogP contribution in [0.1, 0.15) is 30.7 Å². The Morgan fingerprint density at radius 3 is 2.57 bits per heavy atom. The third-order valence-electron chi connectivity index (χ3n) is 3.78. The fourth-order valence-corrected chi connectivity index (χ4v) is 3.27. The van der Waals surface area contributed by atoms with Crippen molar-refractivity contribution in [2.45, 2.75) is 34.6 Å². The number of hydrogen-bond donors (Lipinski definition) is 1. The molecule has 120 valence electrons. The summed E-state index contributed by atoms with van der Waals surface area (Å²) in [4.78, 5) is 16.7. The number of nitrogens with zero attached hydrogens (tertiary/aromatic N) is 3. The zero-order chi connectivity index (χ0) is 16.7. The Labute approximate surface area is 139 Å². The topological polar surface area (TPSA) is 59.8 Å². The molecular formula is C17H20N4OS. The second-order valence-corrected chi connectivity index (χ2v) is 7.14. The summed E-state index contributed by atoms with van der Waals surface area (Å²) in [5.74, 6) is 0.548. The van der Waals surface area contributed by atoms with Crippen LogP contribution in [0.5, 0.6) is 0 Å². The number of aryl methyl sites for hydroxylation is 3. The van der Waals surface area contributed by atoms with Crippen LogP contribution in [0, 0.1) is 26.7 Å². The third kappa shape index (κ3) is 2.99. The van der Waals surface area contributed by atoms with E-state index in [1.165, 1.54) is 11.1 Å². The predicted molar refractivity (Wildman–Crippen MR) is 94.4 cm³/mol. The average molecular weight is 328 g/mol. The van der Waals surface area contributed by atoms with Crippen LogP contribution < -0.4 is 5.32 Å². The normalized spacial score (nSPS) is 11.4. The smallest absolute Gasteiger partial charge is 0.228 e. The van der Waals surface area contributed by atoms with Crippen LogP contribution in [0.3, 0.4) is 0 Å². The van der Waals surface area contributed by atoms with Gasteiger partial charge in [0.25, 0.3) is 0 Å². The van der Waals surface area contributed by atoms with Gasteiger partial charge in [-0.15, -0.1) is 0 Å². The molecule has 0 aliphatic carbocycles. The highest BCUT2D eigenvalue weighted by Crippen LogP contribution is 2.29. The van der Waals surface area contributed by atoms with E-state index >= 15 is 0 Å². The largest absolute Gasteiger partial charge is 0.310 e. The molecule has 0 saturated carbocycles. The number of carbonyl (C=O) groups is 1. The molecule has 0 aliphatic heterocycles. The summed E-state index contributed by atoms with van der Waals surface area (Å²) < 4.78 is 2.84. The number of nitrogens with one attached hydrogen (secondary N) is 1. The summed E-state index contributed by atoms with van der Waals surface area (Å²) >= 11 is 1.57. The highest BCUT2D eigenvalue weighted by Gasteiger charge is 2.16. The number of thiazole rings is 1. The maximum Gasteiger partial charge on any atom is 0.228 e. The van der Waals surface area contributed by atoms with Crippen LogP contribution in [0.4, 0.5) is 5.82 Å². The standard InChI is InChI=1S/C17H20N4OS/c1-9(2)16(22)19-15-8-12(5)20-21(15)17-18-13-6-10(3)11(4)7-14(13)23-17/h6-9H,1-5H3,(H,19,22). The van der Waals surface area contributed by atoms with E-state index in [1.807, 2.05) is 26.8 Å². The Bertz CT molecular complexity index is 853. The van der Waals surface area contributed by atoms with Crippen molar-refractivity contribution in [3.8, 4) is 5.13 Å². The first-order chi connectivity index (χ1) is 10.8. The van der Waals surface area contributed by atoms with E-state index in [1.54, 1.807) is 16.0 Å². The van der Waals surface area contributed by atoms with E-state index in [9.17, 15) is 4.79 Å². The van der Waals surface area contributed by atoms with Gasteiger partial charge < -0.3 is 5.32 Å². The zero-order valence-electron chi connectivity index (χ0n) is 14.0. The first-order valence-corrected chi connectivity index (χ1v) is 8.42. The molecule has 0 aliphatic rings. The molecule has 23 heavy (non-hydrogen) atoms. The van der Waals surface area contributed by atoms with E-state index in [0.29, 0.717) is 5.82 Å². The third-order valence-corrected chi connectivity index (χ3v) is 4.77. The first kappa shape index (κ1) is 15.7. The van der Waals surface area contributed by atoms with Gasteiger partial charge in [0.2, 0.25) is 11.0 Å². The van der Waals surface area contributed by atoms with Crippen molar-refractivity contribution in [3.63, 3.8) is 0 Å². The average Bonchev–Trinajstić information content (AvgIpc) is 3.02. The van der Waals surface area contributed by atoms with E-state index < -0.39 is 0 Å². The number of rotatable bonds is 3. The number of anilines is 1. The minimum absolute atomic E-state index is 0.0287. The monoisotopic (exact) mass is 328 g/mol. The molecule has 6 heteroatoms. The molecule has 3 rings (SSSR count). The van der Waals surface area contributed by atoms with Gasteiger partial charge in [0, 0.05) is 12.0 Å². The molecule has 3 aromatic rings. The van der Waals surface area contributed by atoms with Crippen LogP contribution >= 0.6 is 11.3 Å². The molecule has 0 bridgehead atoms. The van der Waals surface area contributed by atoms with Gasteiger partial charge >= 0.3 is 0 Å². The summed E-state index contributed by atoms with van der Waals surface area (Å²) in [6.45, 7) is 9.82. The zero-order valence-corrected chi connectivity index (χ0v) is 14.8. The maximum absolute atomic E-state index is 12.0. The van der Waals surface area contributed by atoms with Crippen LogP contribution in [0.25, 0.3) is 15.3 Å². The van der Waals surface area contributed by atoms with Crippen molar-refractivity contribution < 1.29 is 4.79 Å². The molecule has 1 aromatic carbocycles. The molecule has 2 heterocycles. The Morgan fingerprint density at radius 1 is 1.17 bits per heavy atom. The molecule has 0 unspecified atom stereocenters. The summed E-state index contributed by atoms with van der Waals surface area (Å²) in [6.07, 6.45) is 0.